The molecule has 1 saturated carbocycles. The molecule has 0 aromatic carbocycles. The Morgan fingerprint density at radius 3 is 2.75 bits per heavy atom. The van der Waals surface area contributed by atoms with E-state index in [1.54, 1.807) is 7.11 Å². The summed E-state index contributed by atoms with van der Waals surface area (Å²) in [6, 6.07) is 0. The van der Waals surface area contributed by atoms with E-state index in [1.165, 1.54) is 0 Å². The predicted molar refractivity (Wildman–Crippen MR) is 81.7 cm³/mol. The van der Waals surface area contributed by atoms with Crippen LogP contribution < -0.4 is 11.1 Å². The van der Waals surface area contributed by atoms with Gasteiger partial charge in [0.25, 0.3) is 0 Å². The van der Waals surface area contributed by atoms with E-state index in [1.807, 2.05) is 0 Å². The largest absolute Gasteiger partial charge is 0.385 e. The maximum atomic E-state index is 6.73. The number of rotatable bonds is 7. The maximum absolute atomic E-state index is 6.73. The molecule has 1 aliphatic carbocycles. The molecule has 3 unspecified atom stereocenters. The first-order chi connectivity index (χ1) is 9.24. The maximum Gasteiger partial charge on any atom is 0.0691 e. The summed E-state index contributed by atoms with van der Waals surface area (Å²) in [6.45, 7) is 12.6. The summed E-state index contributed by atoms with van der Waals surface area (Å²) in [6.07, 6.45) is 2.53. The predicted octanol–water partition coefficient (Wildman–Crippen LogP) is 1.78. The van der Waals surface area contributed by atoms with E-state index >= 15 is 0 Å². The molecule has 1 saturated heterocycles. The van der Waals surface area contributed by atoms with Gasteiger partial charge in [-0.1, -0.05) is 27.7 Å². The van der Waals surface area contributed by atoms with Gasteiger partial charge in [-0.15, -0.1) is 0 Å². The van der Waals surface area contributed by atoms with Crippen LogP contribution in [0.2, 0.25) is 0 Å². The number of hydrogen-bond acceptors (Lipinski definition) is 4. The molecule has 4 heteroatoms. The zero-order chi connectivity index (χ0) is 15.0. The summed E-state index contributed by atoms with van der Waals surface area (Å²) in [5.74, 6) is 0.520. The third-order valence-electron chi connectivity index (χ3n) is 5.67. The van der Waals surface area contributed by atoms with Gasteiger partial charge in [0.1, 0.15) is 0 Å². The van der Waals surface area contributed by atoms with Gasteiger partial charge < -0.3 is 20.5 Å². The third-order valence-corrected chi connectivity index (χ3v) is 5.67. The van der Waals surface area contributed by atoms with Crippen LogP contribution in [0.1, 0.15) is 40.5 Å². The van der Waals surface area contributed by atoms with Crippen LogP contribution in [0.15, 0.2) is 0 Å². The van der Waals surface area contributed by atoms with E-state index in [0.717, 1.165) is 39.1 Å². The Morgan fingerprint density at radius 1 is 1.40 bits per heavy atom. The minimum atomic E-state index is -0.133. The molecule has 0 radical (unpaired) electrons. The highest BCUT2D eigenvalue weighted by molar-refractivity contribution is 5.21. The lowest BCUT2D eigenvalue weighted by molar-refractivity contribution is -0.153. The van der Waals surface area contributed by atoms with Crippen molar-refractivity contribution in [2.24, 2.45) is 22.5 Å². The van der Waals surface area contributed by atoms with E-state index in [9.17, 15) is 0 Å². The molecule has 118 valence electrons. The third kappa shape index (κ3) is 2.63. The van der Waals surface area contributed by atoms with Gasteiger partial charge in [-0.3, -0.25) is 0 Å². The van der Waals surface area contributed by atoms with Crippen LogP contribution in [-0.4, -0.2) is 45.1 Å². The molecule has 4 nitrogen and oxygen atoms in total. The summed E-state index contributed by atoms with van der Waals surface area (Å²) < 4.78 is 11.0. The van der Waals surface area contributed by atoms with E-state index in [0.29, 0.717) is 12.0 Å². The van der Waals surface area contributed by atoms with Crippen molar-refractivity contribution in [3.63, 3.8) is 0 Å². The van der Waals surface area contributed by atoms with Crippen molar-refractivity contribution in [3.8, 4) is 0 Å². The van der Waals surface area contributed by atoms with Gasteiger partial charge in [-0.2, -0.15) is 0 Å². The van der Waals surface area contributed by atoms with E-state index in [-0.39, 0.29) is 16.4 Å². The molecule has 3 N–H and O–H groups in total. The fourth-order valence-electron chi connectivity index (χ4n) is 3.91. The molecule has 2 rings (SSSR count). The summed E-state index contributed by atoms with van der Waals surface area (Å²) in [4.78, 5) is 0. The fourth-order valence-corrected chi connectivity index (χ4v) is 3.91. The highest BCUT2D eigenvalue weighted by atomic mass is 16.5. The summed E-state index contributed by atoms with van der Waals surface area (Å²) >= 11 is 0. The topological polar surface area (TPSA) is 56.5 Å². The van der Waals surface area contributed by atoms with Crippen LogP contribution in [0.25, 0.3) is 0 Å². The first-order valence-electron chi connectivity index (χ1n) is 7.85. The number of nitrogens with two attached hydrogens (primary N) is 1. The van der Waals surface area contributed by atoms with Gasteiger partial charge in [-0.25, -0.2) is 0 Å². The van der Waals surface area contributed by atoms with Gasteiger partial charge in [0.2, 0.25) is 0 Å². The second-order valence-electron chi connectivity index (χ2n) is 7.96. The van der Waals surface area contributed by atoms with Gasteiger partial charge in [0.15, 0.2) is 0 Å². The summed E-state index contributed by atoms with van der Waals surface area (Å²) in [7, 11) is 1.76. The molecule has 1 heterocycles. The Kier molecular flexibility index (Phi) is 4.51. The average Bonchev–Trinajstić information content (AvgIpc) is 2.84. The Hall–Kier alpha value is -0.160. The molecule has 20 heavy (non-hydrogen) atoms. The molecule has 2 fully saturated rings. The van der Waals surface area contributed by atoms with Crippen LogP contribution in [0.5, 0.6) is 0 Å². The van der Waals surface area contributed by atoms with Crippen LogP contribution in [0.3, 0.4) is 0 Å². The molecule has 2 aliphatic rings. The lowest BCUT2D eigenvalue weighted by Gasteiger charge is -2.62. The molecule has 0 aromatic heterocycles. The van der Waals surface area contributed by atoms with Gasteiger partial charge in [0.05, 0.1) is 6.10 Å². The smallest absolute Gasteiger partial charge is 0.0691 e. The van der Waals surface area contributed by atoms with Crippen molar-refractivity contribution in [2.75, 3.05) is 33.4 Å². The zero-order valence-corrected chi connectivity index (χ0v) is 13.8. The van der Waals surface area contributed by atoms with Crippen LogP contribution in [0.4, 0.5) is 0 Å². The quantitative estimate of drug-likeness (QED) is 0.748. The van der Waals surface area contributed by atoms with Crippen molar-refractivity contribution in [1.82, 2.24) is 5.32 Å². The fraction of sp³-hybridized carbons (Fsp3) is 1.00. The van der Waals surface area contributed by atoms with Gasteiger partial charge in [0, 0.05) is 50.3 Å². The normalized spacial score (nSPS) is 35.7. The average molecular weight is 284 g/mol. The second-order valence-corrected chi connectivity index (χ2v) is 7.96. The lowest BCUT2D eigenvalue weighted by Crippen LogP contribution is -2.78. The van der Waals surface area contributed by atoms with Crippen molar-refractivity contribution >= 4 is 0 Å². The second kappa shape index (κ2) is 5.56. The van der Waals surface area contributed by atoms with Crippen LogP contribution in [-0.2, 0) is 9.47 Å². The van der Waals surface area contributed by atoms with Crippen molar-refractivity contribution in [2.45, 2.75) is 52.2 Å². The Bertz CT molecular complexity index is 343. The molecule has 0 spiro atoms. The summed E-state index contributed by atoms with van der Waals surface area (Å²) in [5, 5.41) is 3.61. The van der Waals surface area contributed by atoms with E-state index in [2.05, 4.69) is 33.0 Å². The SMILES string of the molecule is COCCC(C)(C)CNCC1(N)C2CCOC2C1(C)C. The van der Waals surface area contributed by atoms with E-state index < -0.39 is 0 Å². The molecule has 1 aliphatic heterocycles. The number of methoxy groups -OCH3 is 1. The minimum absolute atomic E-state index is 0.0673. The number of nitrogens with one attached hydrogen (secondary N) is 1. The highest BCUT2D eigenvalue weighted by Crippen LogP contribution is 2.57. The van der Waals surface area contributed by atoms with Crippen molar-refractivity contribution in [1.29, 1.82) is 0 Å². The molecule has 0 aromatic rings. The monoisotopic (exact) mass is 284 g/mol. The molecule has 0 bridgehead atoms. The minimum Gasteiger partial charge on any atom is -0.385 e. The number of ether oxygens (including phenoxy) is 2. The van der Waals surface area contributed by atoms with Crippen molar-refractivity contribution in [3.05, 3.63) is 0 Å². The Labute approximate surface area is 123 Å². The van der Waals surface area contributed by atoms with Crippen LogP contribution >= 0.6 is 0 Å². The summed E-state index contributed by atoms with van der Waals surface area (Å²) in [5.41, 5.74) is 6.90. The molecule has 0 amide bonds. The Balaban J connectivity index is 1.84. The first-order valence-corrected chi connectivity index (χ1v) is 7.85. The lowest BCUT2D eigenvalue weighted by atomic mass is 9.48. The van der Waals surface area contributed by atoms with Crippen LogP contribution in [0, 0.1) is 16.7 Å². The molecule has 3 atom stereocenters. The van der Waals surface area contributed by atoms with Crippen molar-refractivity contribution < 1.29 is 9.47 Å². The highest BCUT2D eigenvalue weighted by Gasteiger charge is 2.67. The van der Waals surface area contributed by atoms with Gasteiger partial charge >= 0.3 is 0 Å². The number of hydrogen-bond donors (Lipinski definition) is 2. The molecular formula is C16H32N2O2. The number of fused-ring (bicyclic) bond motifs is 1. The zero-order valence-electron chi connectivity index (χ0n) is 13.8. The first kappa shape index (κ1) is 16.2. The molecular weight excluding hydrogens is 252 g/mol. The van der Waals surface area contributed by atoms with E-state index in [4.69, 9.17) is 15.2 Å². The van der Waals surface area contributed by atoms with Gasteiger partial charge in [-0.05, 0) is 18.3 Å². The Morgan fingerprint density at radius 2 is 2.10 bits per heavy atom. The standard InChI is InChI=1S/C16H32N2O2/c1-14(2,7-9-19-5)10-18-11-16(17)12-6-8-20-13(12)15(16,3)4/h12-13,18H,6-11,17H2,1-5H3.